The monoisotopic (exact) mass is 1370 g/mol. The van der Waals surface area contributed by atoms with Gasteiger partial charge in [0.1, 0.15) is 57.2 Å². The van der Waals surface area contributed by atoms with Crippen LogP contribution in [0.1, 0.15) is 185 Å². The molecule has 0 atom stereocenters. The Balaban J connectivity index is 0.852. The van der Waals surface area contributed by atoms with Crippen LogP contribution in [-0.2, 0) is 47.3 Å². The zero-order chi connectivity index (χ0) is 72.7. The van der Waals surface area contributed by atoms with Crippen LogP contribution in [-0.4, -0.2) is 75.7 Å². The smallest absolute Gasteiger partial charge is 0.336 e. The summed E-state index contributed by atoms with van der Waals surface area (Å²) < 4.78 is 48.0. The first kappa shape index (κ1) is 72.5. The van der Waals surface area contributed by atoms with Gasteiger partial charge in [0.15, 0.2) is 0 Å². The third kappa shape index (κ3) is 17.9. The van der Waals surface area contributed by atoms with E-state index in [1.54, 1.807) is 50.9 Å². The van der Waals surface area contributed by atoms with E-state index in [2.05, 4.69) is 152 Å². The molecule has 16 heteroatoms. The second-order valence-corrected chi connectivity index (χ2v) is 30.2. The maximum absolute atomic E-state index is 12.9. The number of phenolic OH excluding ortho intramolecular Hbond substituents is 2. The van der Waals surface area contributed by atoms with Gasteiger partial charge in [-0.05, 0) is 172 Å². The number of nitrogens with zero attached hydrogens (tertiary/aromatic N) is 4. The average Bonchev–Trinajstić information content (AvgIpc) is 0.768. The lowest BCUT2D eigenvalue weighted by atomic mass is 9.79. The molecule has 16 nitrogen and oxygen atoms in total. The van der Waals surface area contributed by atoms with Gasteiger partial charge in [0.05, 0.1) is 65.5 Å². The third-order valence-corrected chi connectivity index (χ3v) is 18.3. The lowest BCUT2D eigenvalue weighted by Gasteiger charge is -2.28. The van der Waals surface area contributed by atoms with Crippen LogP contribution in [0, 0.1) is 0 Å². The number of ether oxygens (including phenoxy) is 6. The molecule has 0 aliphatic heterocycles. The van der Waals surface area contributed by atoms with Crippen molar-refractivity contribution in [2.75, 3.05) is 40.6 Å². The van der Waals surface area contributed by atoms with Gasteiger partial charge in [-0.15, -0.1) is 0 Å². The lowest BCUT2D eigenvalue weighted by molar-refractivity contribution is 0.245. The van der Waals surface area contributed by atoms with E-state index < -0.39 is 11.3 Å². The summed E-state index contributed by atoms with van der Waals surface area (Å²) in [7, 11) is 3.11. The van der Waals surface area contributed by atoms with Crippen molar-refractivity contribution in [2.45, 2.75) is 143 Å². The van der Waals surface area contributed by atoms with E-state index in [1.807, 2.05) is 60.7 Å². The molecule has 10 aromatic rings. The van der Waals surface area contributed by atoms with Gasteiger partial charge in [0.2, 0.25) is 0 Å². The van der Waals surface area contributed by atoms with Crippen LogP contribution in [0.25, 0.3) is 21.9 Å². The van der Waals surface area contributed by atoms with Gasteiger partial charge >= 0.3 is 11.3 Å². The summed E-state index contributed by atoms with van der Waals surface area (Å²) in [6.07, 6.45) is 8.91. The Morgan fingerprint density at radius 3 is 0.951 bits per heavy atom. The van der Waals surface area contributed by atoms with Crippen molar-refractivity contribution in [3.63, 3.8) is 0 Å². The van der Waals surface area contributed by atoms with Gasteiger partial charge in [-0.1, -0.05) is 132 Å². The standard InChI is InChI=1S/C86H92N4O12/c1-83(2,3)65-37-55-33-59-41-67(85(7,8)9)43-61(81(59)99-31-15-29-97-69-21-17-53(18-22-69)49-87-89-51-63-45-77(91)101-75-47-71(95-13)25-27-73(63)75)35-57-39-66(84(4,5)6)40-58(80(57)94)36-62-44-68(86(10,11)12)42-60(34-56(38-65)79(55)93)82(62)100-32-16-30-98-70-23-19-54(20-24-70)50-88-90-52-64-46-78(92)102-76-48-72(96-14)26-28-74(64)76/h17-28,37-52,93-94H,15-16,29-36H2,1-14H3/b87-49+,88-50+,89-51+,90-52+. The van der Waals surface area contributed by atoms with Crippen LogP contribution in [0.5, 0.6) is 46.0 Å². The van der Waals surface area contributed by atoms with Crippen LogP contribution in [0.15, 0.2) is 184 Å². The summed E-state index contributed by atoms with van der Waals surface area (Å²) in [6, 6.07) is 46.0. The van der Waals surface area contributed by atoms with E-state index in [0.29, 0.717) is 121 Å². The zero-order valence-electron chi connectivity index (χ0n) is 61.0. The first-order valence-electron chi connectivity index (χ1n) is 34.7. The second-order valence-electron chi connectivity index (χ2n) is 30.2. The molecule has 0 unspecified atom stereocenters. The topological polar surface area (TPSA) is 206 Å². The Morgan fingerprint density at radius 1 is 0.363 bits per heavy atom. The van der Waals surface area contributed by atoms with Crippen LogP contribution in [0.3, 0.4) is 0 Å². The van der Waals surface area contributed by atoms with Gasteiger partial charge in [-0.2, -0.15) is 20.4 Å². The number of hydrogen-bond acceptors (Lipinski definition) is 16. The molecule has 11 rings (SSSR count). The number of hydrogen-bond donors (Lipinski definition) is 2. The minimum atomic E-state index is -0.499. The molecule has 0 saturated carbocycles. The molecule has 0 amide bonds. The molecule has 8 bridgehead atoms. The number of methoxy groups -OCH3 is 2. The van der Waals surface area contributed by atoms with Crippen molar-refractivity contribution in [1.29, 1.82) is 0 Å². The highest BCUT2D eigenvalue weighted by molar-refractivity contribution is 5.99. The van der Waals surface area contributed by atoms with Crippen molar-refractivity contribution >= 4 is 46.8 Å². The highest BCUT2D eigenvalue weighted by Crippen LogP contribution is 2.44. The van der Waals surface area contributed by atoms with Crippen molar-refractivity contribution in [2.24, 2.45) is 20.4 Å². The fraction of sp³-hybridized carbons (Fsp3) is 0.326. The average molecular weight is 1370 g/mol. The van der Waals surface area contributed by atoms with Crippen LogP contribution in [0.4, 0.5) is 0 Å². The van der Waals surface area contributed by atoms with E-state index in [0.717, 1.165) is 89.4 Å². The molecule has 1 aliphatic carbocycles. The Hall–Kier alpha value is -10.7. The SMILES string of the molecule is COc1ccc2c(/C=N/N=C/c3ccc(OCCCOc4c5cc(C(C)(C)C)cc4Cc4cc(C(C)(C)C)cc(c4O)Cc4cc(C(C)(C)C)cc(c4OCCCOc4ccc(/C=N/N=C/c6cc(=O)oc7cc(OC)ccc67)cc4)Cc4cc(C(C)(C)C)cc(c4O)C5)cc3)cc(=O)oc2c1. The number of aromatic hydroxyl groups is 2. The summed E-state index contributed by atoms with van der Waals surface area (Å²) >= 11 is 0. The summed E-state index contributed by atoms with van der Waals surface area (Å²) in [5, 5.41) is 44.2. The number of rotatable bonds is 20. The lowest BCUT2D eigenvalue weighted by Crippen LogP contribution is -2.17. The summed E-state index contributed by atoms with van der Waals surface area (Å²) in [5.41, 5.74) is 12.7. The fourth-order valence-electron chi connectivity index (χ4n) is 12.4. The number of fused-ring (bicyclic) bond motifs is 10. The molecule has 0 spiro atoms. The molecular formula is C86H92N4O12. The summed E-state index contributed by atoms with van der Waals surface area (Å²) in [6.45, 7) is 28.0. The normalized spacial score (nSPS) is 13.1. The van der Waals surface area contributed by atoms with Crippen molar-refractivity contribution in [3.8, 4) is 46.0 Å². The maximum Gasteiger partial charge on any atom is 0.336 e. The van der Waals surface area contributed by atoms with Crippen molar-refractivity contribution in [1.82, 2.24) is 0 Å². The minimum Gasteiger partial charge on any atom is -0.507 e. The molecule has 1 aliphatic rings. The Kier molecular flexibility index (Phi) is 21.8. The first-order valence-corrected chi connectivity index (χ1v) is 34.7. The highest BCUT2D eigenvalue weighted by atomic mass is 16.5. The zero-order valence-corrected chi connectivity index (χ0v) is 61.0. The minimum absolute atomic E-state index is 0.225. The molecule has 0 saturated heterocycles. The van der Waals surface area contributed by atoms with Crippen molar-refractivity contribution in [3.05, 3.63) is 255 Å². The first-order chi connectivity index (χ1) is 48.6. The molecule has 528 valence electrons. The predicted molar refractivity (Wildman–Crippen MR) is 408 cm³/mol. The Morgan fingerprint density at radius 2 is 0.647 bits per heavy atom. The number of phenols is 2. The third-order valence-electron chi connectivity index (χ3n) is 18.3. The van der Waals surface area contributed by atoms with Crippen LogP contribution < -0.4 is 39.7 Å². The summed E-state index contributed by atoms with van der Waals surface area (Å²) in [5.74, 6) is 4.41. The van der Waals surface area contributed by atoms with Gasteiger partial charge in [-0.3, -0.25) is 0 Å². The van der Waals surface area contributed by atoms with Crippen LogP contribution in [0.2, 0.25) is 0 Å². The van der Waals surface area contributed by atoms with E-state index >= 15 is 0 Å². The largest absolute Gasteiger partial charge is 0.507 e. The Bertz CT molecular complexity index is 4550. The van der Waals surface area contributed by atoms with E-state index in [4.69, 9.17) is 37.3 Å². The van der Waals surface area contributed by atoms with Gasteiger partial charge in [-0.25, -0.2) is 9.59 Å². The van der Waals surface area contributed by atoms with E-state index in [1.165, 1.54) is 24.6 Å². The molecule has 2 aromatic heterocycles. The molecular weight excluding hydrogens is 1280 g/mol. The van der Waals surface area contributed by atoms with Crippen molar-refractivity contribution < 1.29 is 47.5 Å². The molecule has 2 heterocycles. The van der Waals surface area contributed by atoms with Crippen LogP contribution >= 0.6 is 0 Å². The maximum atomic E-state index is 12.9. The number of benzene rings is 8. The van der Waals surface area contributed by atoms with E-state index in [9.17, 15) is 19.8 Å². The fourth-order valence-corrected chi connectivity index (χ4v) is 12.4. The molecule has 102 heavy (non-hydrogen) atoms. The highest BCUT2D eigenvalue weighted by Gasteiger charge is 2.29. The Labute approximate surface area is 597 Å². The van der Waals surface area contributed by atoms with Gasteiger partial charge in [0, 0.05) is 84.7 Å². The van der Waals surface area contributed by atoms with Gasteiger partial charge in [0.25, 0.3) is 0 Å². The summed E-state index contributed by atoms with van der Waals surface area (Å²) in [4.78, 5) is 24.6. The molecule has 0 fully saturated rings. The van der Waals surface area contributed by atoms with Gasteiger partial charge < -0.3 is 47.5 Å². The second kappa shape index (κ2) is 30.6. The molecule has 0 radical (unpaired) electrons. The predicted octanol–water partition coefficient (Wildman–Crippen LogP) is 17.8. The quantitative estimate of drug-likeness (QED) is 0.0316. The van der Waals surface area contributed by atoms with E-state index in [-0.39, 0.29) is 33.2 Å². The molecule has 8 aromatic carbocycles. The molecule has 2 N–H and O–H groups in total.